The SMILES string of the molecule is O=C(Nc1cccc2cccnc12)c1ccc(S(=O)(=O)NC[C@@H]2CCCO2)cc1. The van der Waals surface area contributed by atoms with Gasteiger partial charge in [-0.3, -0.25) is 9.78 Å². The van der Waals surface area contributed by atoms with Gasteiger partial charge in [0.05, 0.1) is 22.2 Å². The van der Waals surface area contributed by atoms with Crippen LogP contribution < -0.4 is 10.0 Å². The summed E-state index contributed by atoms with van der Waals surface area (Å²) >= 11 is 0. The van der Waals surface area contributed by atoms with Gasteiger partial charge < -0.3 is 10.1 Å². The first kappa shape index (κ1) is 19.5. The van der Waals surface area contributed by atoms with Crippen LogP contribution in [0.5, 0.6) is 0 Å². The molecule has 29 heavy (non-hydrogen) atoms. The molecule has 1 aliphatic heterocycles. The van der Waals surface area contributed by atoms with Crippen LogP contribution in [0.3, 0.4) is 0 Å². The molecule has 2 N–H and O–H groups in total. The third-order valence-electron chi connectivity index (χ3n) is 4.83. The number of sulfonamides is 1. The van der Waals surface area contributed by atoms with Gasteiger partial charge in [0.15, 0.2) is 0 Å². The summed E-state index contributed by atoms with van der Waals surface area (Å²) in [4.78, 5) is 17.0. The van der Waals surface area contributed by atoms with E-state index in [1.807, 2.05) is 24.3 Å². The summed E-state index contributed by atoms with van der Waals surface area (Å²) in [7, 11) is -3.65. The molecule has 8 heteroatoms. The van der Waals surface area contributed by atoms with Crippen LogP contribution >= 0.6 is 0 Å². The highest BCUT2D eigenvalue weighted by Gasteiger charge is 2.20. The summed E-state index contributed by atoms with van der Waals surface area (Å²) in [5, 5.41) is 3.76. The van der Waals surface area contributed by atoms with Crippen molar-refractivity contribution in [1.82, 2.24) is 9.71 Å². The van der Waals surface area contributed by atoms with Crippen molar-refractivity contribution in [2.45, 2.75) is 23.8 Å². The van der Waals surface area contributed by atoms with E-state index in [-0.39, 0.29) is 23.5 Å². The van der Waals surface area contributed by atoms with Crippen LogP contribution in [-0.2, 0) is 14.8 Å². The Bertz CT molecular complexity index is 1120. The van der Waals surface area contributed by atoms with E-state index in [0.29, 0.717) is 23.4 Å². The molecule has 0 aliphatic carbocycles. The van der Waals surface area contributed by atoms with Crippen LogP contribution in [0, 0.1) is 0 Å². The molecule has 1 aromatic heterocycles. The van der Waals surface area contributed by atoms with E-state index in [1.54, 1.807) is 12.3 Å². The maximum atomic E-state index is 12.6. The first-order valence-corrected chi connectivity index (χ1v) is 10.9. The summed E-state index contributed by atoms with van der Waals surface area (Å²) in [5.41, 5.74) is 1.65. The van der Waals surface area contributed by atoms with Crippen LogP contribution in [0.1, 0.15) is 23.2 Å². The lowest BCUT2D eigenvalue weighted by Gasteiger charge is -2.12. The van der Waals surface area contributed by atoms with Gasteiger partial charge in [0.1, 0.15) is 0 Å². The molecule has 1 atom stereocenters. The van der Waals surface area contributed by atoms with E-state index in [4.69, 9.17) is 4.74 Å². The summed E-state index contributed by atoms with van der Waals surface area (Å²) in [6.45, 7) is 0.918. The van der Waals surface area contributed by atoms with Crippen LogP contribution in [0.2, 0.25) is 0 Å². The number of nitrogens with one attached hydrogen (secondary N) is 2. The standard InChI is InChI=1S/C21H21N3O4S/c25-21(24-19-7-1-4-15-5-2-12-22-20(15)19)16-8-10-18(11-9-16)29(26,27)23-14-17-6-3-13-28-17/h1-2,4-5,7-12,17,23H,3,6,13-14H2,(H,24,25)/t17-/m0/s1. The topological polar surface area (TPSA) is 97.4 Å². The van der Waals surface area contributed by atoms with E-state index in [0.717, 1.165) is 18.2 Å². The van der Waals surface area contributed by atoms with Crippen molar-refractivity contribution < 1.29 is 17.9 Å². The van der Waals surface area contributed by atoms with Gasteiger partial charge in [-0.05, 0) is 49.2 Å². The number of pyridine rings is 1. The van der Waals surface area contributed by atoms with Gasteiger partial charge >= 0.3 is 0 Å². The number of amides is 1. The quantitative estimate of drug-likeness (QED) is 0.650. The largest absolute Gasteiger partial charge is 0.377 e. The molecule has 4 rings (SSSR count). The molecule has 0 radical (unpaired) electrons. The average Bonchev–Trinajstić information content (AvgIpc) is 3.26. The van der Waals surface area contributed by atoms with Crippen molar-refractivity contribution >= 4 is 32.5 Å². The molecule has 3 aromatic rings. The molecule has 1 amide bonds. The van der Waals surface area contributed by atoms with Crippen molar-refractivity contribution in [3.63, 3.8) is 0 Å². The smallest absolute Gasteiger partial charge is 0.255 e. The third kappa shape index (κ3) is 4.45. The Balaban J connectivity index is 1.46. The van der Waals surface area contributed by atoms with Gasteiger partial charge in [0.25, 0.3) is 5.91 Å². The first-order chi connectivity index (χ1) is 14.0. The second kappa shape index (κ2) is 8.28. The molecule has 0 saturated carbocycles. The number of carbonyl (C=O) groups excluding carboxylic acids is 1. The Kier molecular flexibility index (Phi) is 5.57. The van der Waals surface area contributed by atoms with E-state index >= 15 is 0 Å². The van der Waals surface area contributed by atoms with E-state index in [2.05, 4.69) is 15.0 Å². The monoisotopic (exact) mass is 411 g/mol. The number of rotatable bonds is 6. The number of para-hydroxylation sites is 1. The maximum absolute atomic E-state index is 12.6. The predicted molar refractivity (Wildman–Crippen MR) is 110 cm³/mol. The van der Waals surface area contributed by atoms with Gasteiger partial charge in [-0.1, -0.05) is 18.2 Å². The predicted octanol–water partition coefficient (Wildman–Crippen LogP) is 2.94. The summed E-state index contributed by atoms with van der Waals surface area (Å²) in [5.74, 6) is -0.334. The van der Waals surface area contributed by atoms with Crippen molar-refractivity contribution in [1.29, 1.82) is 0 Å². The van der Waals surface area contributed by atoms with Gasteiger partial charge in [-0.25, -0.2) is 13.1 Å². The van der Waals surface area contributed by atoms with Crippen LogP contribution in [0.15, 0.2) is 65.7 Å². The third-order valence-corrected chi connectivity index (χ3v) is 6.27. The lowest BCUT2D eigenvalue weighted by atomic mass is 10.1. The zero-order chi connectivity index (χ0) is 20.3. The molecule has 1 aliphatic rings. The van der Waals surface area contributed by atoms with E-state index in [1.165, 1.54) is 24.3 Å². The molecule has 2 aromatic carbocycles. The molecule has 7 nitrogen and oxygen atoms in total. The molecular weight excluding hydrogens is 390 g/mol. The summed E-state index contributed by atoms with van der Waals surface area (Å²) in [6.07, 6.45) is 3.39. The molecule has 1 fully saturated rings. The first-order valence-electron chi connectivity index (χ1n) is 9.39. The van der Waals surface area contributed by atoms with Crippen LogP contribution in [-0.4, -0.2) is 38.6 Å². The zero-order valence-corrected chi connectivity index (χ0v) is 16.5. The van der Waals surface area contributed by atoms with Gasteiger partial charge in [0.2, 0.25) is 10.0 Å². The fourth-order valence-electron chi connectivity index (χ4n) is 3.28. The normalized spacial score (nSPS) is 16.8. The Morgan fingerprint density at radius 2 is 1.90 bits per heavy atom. The molecule has 0 unspecified atom stereocenters. The minimum absolute atomic E-state index is 0.0795. The Hall–Kier alpha value is -2.81. The molecule has 2 heterocycles. The fraction of sp³-hybridized carbons (Fsp3) is 0.238. The Morgan fingerprint density at radius 1 is 1.10 bits per heavy atom. The number of ether oxygens (including phenoxy) is 1. The highest BCUT2D eigenvalue weighted by molar-refractivity contribution is 7.89. The summed E-state index contributed by atoms with van der Waals surface area (Å²) in [6, 6.07) is 15.1. The summed E-state index contributed by atoms with van der Waals surface area (Å²) < 4.78 is 32.9. The number of carbonyl (C=O) groups is 1. The average molecular weight is 411 g/mol. The molecular formula is C21H21N3O4S. The number of fused-ring (bicyclic) bond motifs is 1. The minimum Gasteiger partial charge on any atom is -0.377 e. The second-order valence-electron chi connectivity index (χ2n) is 6.85. The number of hydrogen-bond acceptors (Lipinski definition) is 5. The lowest BCUT2D eigenvalue weighted by Crippen LogP contribution is -2.31. The Labute approximate surface area is 169 Å². The number of aromatic nitrogens is 1. The van der Waals surface area contributed by atoms with E-state index in [9.17, 15) is 13.2 Å². The number of nitrogens with zero attached hydrogens (tertiary/aromatic N) is 1. The second-order valence-corrected chi connectivity index (χ2v) is 8.61. The lowest BCUT2D eigenvalue weighted by molar-refractivity contribution is 0.102. The van der Waals surface area contributed by atoms with Crippen LogP contribution in [0.25, 0.3) is 10.9 Å². The molecule has 0 spiro atoms. The Morgan fingerprint density at radius 3 is 2.66 bits per heavy atom. The molecule has 1 saturated heterocycles. The molecule has 0 bridgehead atoms. The van der Waals surface area contributed by atoms with Crippen molar-refractivity contribution in [3.05, 3.63) is 66.4 Å². The molecule has 150 valence electrons. The fourth-order valence-corrected chi connectivity index (χ4v) is 4.34. The van der Waals surface area contributed by atoms with Crippen LogP contribution in [0.4, 0.5) is 5.69 Å². The number of benzene rings is 2. The van der Waals surface area contributed by atoms with Crippen molar-refractivity contribution in [2.24, 2.45) is 0 Å². The van der Waals surface area contributed by atoms with Gasteiger partial charge in [-0.15, -0.1) is 0 Å². The minimum atomic E-state index is -3.65. The zero-order valence-electron chi connectivity index (χ0n) is 15.7. The van der Waals surface area contributed by atoms with Crippen molar-refractivity contribution in [2.75, 3.05) is 18.5 Å². The maximum Gasteiger partial charge on any atom is 0.255 e. The van der Waals surface area contributed by atoms with Gasteiger partial charge in [0, 0.05) is 30.3 Å². The number of hydrogen-bond donors (Lipinski definition) is 2. The highest BCUT2D eigenvalue weighted by atomic mass is 32.2. The van der Waals surface area contributed by atoms with E-state index < -0.39 is 10.0 Å². The van der Waals surface area contributed by atoms with Gasteiger partial charge in [-0.2, -0.15) is 0 Å². The highest BCUT2D eigenvalue weighted by Crippen LogP contribution is 2.21. The van der Waals surface area contributed by atoms with Crippen molar-refractivity contribution in [3.8, 4) is 0 Å². The number of anilines is 1.